The number of rotatable bonds is 10. The number of ether oxygens (including phenoxy) is 2. The summed E-state index contributed by atoms with van der Waals surface area (Å²) >= 11 is 0. The first kappa shape index (κ1) is 28.8. The summed E-state index contributed by atoms with van der Waals surface area (Å²) in [6.45, 7) is 10.3. The van der Waals surface area contributed by atoms with Gasteiger partial charge in [-0.25, -0.2) is 4.39 Å². The van der Waals surface area contributed by atoms with Crippen molar-refractivity contribution in [3.8, 4) is 0 Å². The molecule has 2 N–H and O–H groups in total. The van der Waals surface area contributed by atoms with Crippen LogP contribution in [0.1, 0.15) is 98.8 Å². The Hall–Kier alpha value is -1.15. The van der Waals surface area contributed by atoms with E-state index in [1.165, 1.54) is 0 Å². The molecule has 0 saturated heterocycles. The molecule has 0 unspecified atom stereocenters. The zero-order valence-corrected chi connectivity index (χ0v) is 23.4. The van der Waals surface area contributed by atoms with E-state index in [0.717, 1.165) is 31.3 Å². The number of allylic oxidation sites excluding steroid dienone is 2. The molecule has 0 aromatic heterocycles. The van der Waals surface area contributed by atoms with Crippen LogP contribution < -0.4 is 0 Å². The van der Waals surface area contributed by atoms with Crippen LogP contribution >= 0.6 is 0 Å². The highest BCUT2D eigenvalue weighted by Crippen LogP contribution is 2.70. The molecule has 4 rings (SSSR count). The number of carbonyl (C=O) groups excluding carboxylic acids is 2. The quantitative estimate of drug-likeness (QED) is 0.236. The minimum Gasteiger partial charge on any atom is -0.390 e. The molecule has 0 aromatic carbocycles. The predicted molar refractivity (Wildman–Crippen MR) is 138 cm³/mol. The van der Waals surface area contributed by atoms with Crippen molar-refractivity contribution < 1.29 is 33.7 Å². The number of halogens is 1. The third-order valence-corrected chi connectivity index (χ3v) is 10.7. The molecule has 0 radical (unpaired) electrons. The molecular weight excluding hydrogens is 475 g/mol. The molecule has 0 aromatic rings. The van der Waals surface area contributed by atoms with Crippen molar-refractivity contribution in [3.05, 3.63) is 11.6 Å². The van der Waals surface area contributed by atoms with Gasteiger partial charge in [-0.15, -0.1) is 0 Å². The number of alkyl halides is 1. The second kappa shape index (κ2) is 10.4. The minimum absolute atomic E-state index is 0.0231. The predicted octanol–water partition coefficient (Wildman–Crippen LogP) is 5.09. The van der Waals surface area contributed by atoms with Crippen LogP contribution in [0.15, 0.2) is 11.6 Å². The molecule has 0 spiro atoms. The molecule has 0 bridgehead atoms. The molecule has 6 nitrogen and oxygen atoms in total. The van der Waals surface area contributed by atoms with Crippen molar-refractivity contribution in [2.24, 2.45) is 28.6 Å². The first-order valence-corrected chi connectivity index (χ1v) is 14.5. The van der Waals surface area contributed by atoms with Gasteiger partial charge in [-0.2, -0.15) is 0 Å². The first-order valence-electron chi connectivity index (χ1n) is 14.5. The van der Waals surface area contributed by atoms with Crippen molar-refractivity contribution >= 4 is 11.6 Å². The zero-order chi connectivity index (χ0) is 27.2. The van der Waals surface area contributed by atoms with Crippen LogP contribution in [0, 0.1) is 28.6 Å². The van der Waals surface area contributed by atoms with Gasteiger partial charge in [0.05, 0.1) is 19.3 Å². The van der Waals surface area contributed by atoms with Gasteiger partial charge in [0.25, 0.3) is 0 Å². The molecule has 7 heteroatoms. The molecule has 4 aliphatic carbocycles. The smallest absolute Gasteiger partial charge is 0.220 e. The fraction of sp³-hybridized carbons (Fsp3) is 0.867. The van der Waals surface area contributed by atoms with E-state index in [-0.39, 0.29) is 24.5 Å². The SMILES string of the molecule is CCCCOC(OCCCC)C(=O)[C@@]1(O)[C@@H](C)C[C@H]2[C@@H]3CC=C4CC(=O)CC[C@]4(C)[C@@]3(F)[C@@H](O)C[C@@]21C. The third-order valence-electron chi connectivity index (χ3n) is 10.7. The molecule has 8 atom stereocenters. The van der Waals surface area contributed by atoms with Crippen LogP contribution in [0.4, 0.5) is 4.39 Å². The van der Waals surface area contributed by atoms with E-state index in [1.54, 1.807) is 0 Å². The Kier molecular flexibility index (Phi) is 8.14. The van der Waals surface area contributed by atoms with E-state index in [9.17, 15) is 19.8 Å². The van der Waals surface area contributed by atoms with E-state index >= 15 is 4.39 Å². The fourth-order valence-electron chi connectivity index (χ4n) is 8.40. The summed E-state index contributed by atoms with van der Waals surface area (Å²) in [5.41, 5.74) is -4.87. The van der Waals surface area contributed by atoms with Gasteiger partial charge in [0.1, 0.15) is 17.1 Å². The summed E-state index contributed by atoms with van der Waals surface area (Å²) in [6, 6.07) is 0. The number of aliphatic hydroxyl groups is 2. The van der Waals surface area contributed by atoms with Crippen molar-refractivity contribution in [3.63, 3.8) is 0 Å². The number of carbonyl (C=O) groups is 2. The molecule has 3 fully saturated rings. The average molecular weight is 523 g/mol. The van der Waals surface area contributed by atoms with Gasteiger partial charge in [0.2, 0.25) is 12.1 Å². The molecule has 0 aliphatic heterocycles. The maximum absolute atomic E-state index is 17.4. The van der Waals surface area contributed by atoms with Crippen LogP contribution in [0.5, 0.6) is 0 Å². The number of fused-ring (bicyclic) bond motifs is 5. The maximum atomic E-state index is 17.4. The Balaban J connectivity index is 1.69. The van der Waals surface area contributed by atoms with Crippen LogP contribution in [-0.4, -0.2) is 58.7 Å². The lowest BCUT2D eigenvalue weighted by molar-refractivity contribution is -0.234. The Morgan fingerprint density at radius 3 is 2.38 bits per heavy atom. The normalized spacial score (nSPS) is 43.3. The second-order valence-electron chi connectivity index (χ2n) is 12.7. The number of hydrogen-bond donors (Lipinski definition) is 2. The number of Topliss-reactive ketones (excluding diaryl/α,β-unsaturated/α-hetero) is 2. The van der Waals surface area contributed by atoms with Crippen molar-refractivity contribution in [2.45, 2.75) is 122 Å². The highest BCUT2D eigenvalue weighted by Gasteiger charge is 2.76. The molecule has 3 saturated carbocycles. The minimum atomic E-state index is -1.91. The Labute approximate surface area is 221 Å². The summed E-state index contributed by atoms with van der Waals surface area (Å²) in [6.07, 6.45) is 4.61. The van der Waals surface area contributed by atoms with E-state index < -0.39 is 52.1 Å². The van der Waals surface area contributed by atoms with Gasteiger partial charge in [-0.05, 0) is 50.4 Å². The van der Waals surface area contributed by atoms with Crippen LogP contribution in [-0.2, 0) is 19.1 Å². The van der Waals surface area contributed by atoms with Gasteiger partial charge in [0, 0.05) is 29.6 Å². The monoisotopic (exact) mass is 522 g/mol. The standard InChI is InChI=1S/C30H47FO6/c1-6-8-14-36-26(37-15-9-7-2)25(34)30(35)19(3)16-23-22-11-10-20-17-21(32)12-13-27(20,4)29(22,31)24(33)18-28(23,30)5/h10,19,22-24,26,33,35H,6-9,11-18H2,1-5H3/t19-,22-,23-,24-,27-,28-,29-,30-/m0/s1. The van der Waals surface area contributed by atoms with E-state index in [1.807, 2.05) is 40.7 Å². The van der Waals surface area contributed by atoms with Gasteiger partial charge in [-0.3, -0.25) is 9.59 Å². The summed E-state index contributed by atoms with van der Waals surface area (Å²) in [7, 11) is 0. The number of aliphatic hydroxyl groups excluding tert-OH is 1. The second-order valence-corrected chi connectivity index (χ2v) is 12.7. The van der Waals surface area contributed by atoms with E-state index in [2.05, 4.69) is 0 Å². The van der Waals surface area contributed by atoms with Gasteiger partial charge in [0.15, 0.2) is 0 Å². The van der Waals surface area contributed by atoms with Crippen molar-refractivity contribution in [1.82, 2.24) is 0 Å². The van der Waals surface area contributed by atoms with Crippen molar-refractivity contribution in [1.29, 1.82) is 0 Å². The number of ketones is 2. The van der Waals surface area contributed by atoms with Gasteiger partial charge in [-0.1, -0.05) is 59.1 Å². The highest BCUT2D eigenvalue weighted by atomic mass is 19.1. The summed E-state index contributed by atoms with van der Waals surface area (Å²) < 4.78 is 29.2. The molecule has 0 heterocycles. The van der Waals surface area contributed by atoms with E-state index in [0.29, 0.717) is 38.9 Å². The topological polar surface area (TPSA) is 93.1 Å². The summed E-state index contributed by atoms with van der Waals surface area (Å²) in [5.74, 6) is -1.68. The average Bonchev–Trinajstić information content (AvgIpc) is 3.05. The lowest BCUT2D eigenvalue weighted by Gasteiger charge is -2.63. The maximum Gasteiger partial charge on any atom is 0.220 e. The molecule has 4 aliphatic rings. The Morgan fingerprint density at radius 1 is 1.16 bits per heavy atom. The molecular formula is C30H47FO6. The Bertz CT molecular complexity index is 910. The van der Waals surface area contributed by atoms with Crippen LogP contribution in [0.2, 0.25) is 0 Å². The van der Waals surface area contributed by atoms with Crippen molar-refractivity contribution in [2.75, 3.05) is 13.2 Å². The number of unbranched alkanes of at least 4 members (excludes halogenated alkanes) is 2. The molecule has 210 valence electrons. The van der Waals surface area contributed by atoms with Gasteiger partial charge >= 0.3 is 0 Å². The summed E-state index contributed by atoms with van der Waals surface area (Å²) in [5, 5.41) is 23.8. The largest absolute Gasteiger partial charge is 0.390 e. The van der Waals surface area contributed by atoms with Gasteiger partial charge < -0.3 is 19.7 Å². The molecule has 37 heavy (non-hydrogen) atoms. The summed E-state index contributed by atoms with van der Waals surface area (Å²) in [4.78, 5) is 26.3. The highest BCUT2D eigenvalue weighted by molar-refractivity contribution is 5.92. The van der Waals surface area contributed by atoms with Crippen LogP contribution in [0.3, 0.4) is 0 Å². The van der Waals surface area contributed by atoms with Crippen LogP contribution in [0.25, 0.3) is 0 Å². The van der Waals surface area contributed by atoms with E-state index in [4.69, 9.17) is 9.47 Å². The fourth-order valence-corrected chi connectivity index (χ4v) is 8.40. The Morgan fingerprint density at radius 2 is 1.78 bits per heavy atom. The molecule has 0 amide bonds. The third kappa shape index (κ3) is 4.18. The zero-order valence-electron chi connectivity index (χ0n) is 23.4. The lowest BCUT2D eigenvalue weighted by Crippen LogP contribution is -2.70. The lowest BCUT2D eigenvalue weighted by atomic mass is 9.44. The first-order chi connectivity index (χ1) is 17.4. The number of hydrogen-bond acceptors (Lipinski definition) is 6.